The van der Waals surface area contributed by atoms with E-state index in [2.05, 4.69) is 29.2 Å². The maximum Gasteiger partial charge on any atom is 0.233 e. The number of aromatic nitrogens is 2. The molecule has 1 aromatic carbocycles. The highest BCUT2D eigenvalue weighted by atomic mass is 16.5. The molecule has 0 aliphatic heterocycles. The van der Waals surface area contributed by atoms with Crippen molar-refractivity contribution in [1.82, 2.24) is 10.1 Å². The van der Waals surface area contributed by atoms with E-state index >= 15 is 0 Å². The fourth-order valence-electron chi connectivity index (χ4n) is 1.73. The van der Waals surface area contributed by atoms with E-state index in [1.165, 1.54) is 5.56 Å². The van der Waals surface area contributed by atoms with Crippen LogP contribution in [0.25, 0.3) is 0 Å². The molecule has 0 saturated carbocycles. The minimum atomic E-state index is -0.220. The van der Waals surface area contributed by atoms with E-state index in [0.29, 0.717) is 24.7 Å². The third-order valence-electron chi connectivity index (χ3n) is 3.42. The largest absolute Gasteiger partial charge is 0.339 e. The molecule has 0 radical (unpaired) electrons. The summed E-state index contributed by atoms with van der Waals surface area (Å²) in [6, 6.07) is 10.1. The van der Waals surface area contributed by atoms with Crippen molar-refractivity contribution in [2.75, 3.05) is 6.54 Å². The fraction of sp³-hybridized carbons (Fsp3) is 0.429. The fourth-order valence-corrected chi connectivity index (χ4v) is 1.73. The molecular formula is C14H19N3O. The molecule has 0 aliphatic rings. The second-order valence-electron chi connectivity index (χ2n) is 4.80. The average Bonchev–Trinajstić information content (AvgIpc) is 2.88. The van der Waals surface area contributed by atoms with E-state index < -0.39 is 0 Å². The van der Waals surface area contributed by atoms with Crippen LogP contribution in [0, 0.1) is 0 Å². The lowest BCUT2D eigenvalue weighted by Crippen LogP contribution is -2.31. The van der Waals surface area contributed by atoms with Gasteiger partial charge in [0.05, 0.1) is 5.41 Å². The van der Waals surface area contributed by atoms with Crippen molar-refractivity contribution in [3.8, 4) is 0 Å². The molecule has 18 heavy (non-hydrogen) atoms. The molecule has 1 atom stereocenters. The van der Waals surface area contributed by atoms with Crippen LogP contribution < -0.4 is 5.73 Å². The number of benzene rings is 1. The first kappa shape index (κ1) is 12.8. The van der Waals surface area contributed by atoms with Gasteiger partial charge in [-0.2, -0.15) is 4.98 Å². The summed E-state index contributed by atoms with van der Waals surface area (Å²) in [7, 11) is 0. The molecule has 2 aromatic rings. The predicted molar refractivity (Wildman–Crippen MR) is 70.2 cm³/mol. The van der Waals surface area contributed by atoms with Crippen molar-refractivity contribution >= 4 is 0 Å². The number of rotatable bonds is 5. The third kappa shape index (κ3) is 2.59. The molecule has 2 N–H and O–H groups in total. The second kappa shape index (κ2) is 5.31. The normalized spacial score (nSPS) is 14.4. The lowest BCUT2D eigenvalue weighted by atomic mass is 9.88. The molecule has 0 saturated heterocycles. The molecule has 1 aromatic heterocycles. The molecule has 0 spiro atoms. The van der Waals surface area contributed by atoms with Gasteiger partial charge in [-0.3, -0.25) is 0 Å². The Hall–Kier alpha value is -1.68. The third-order valence-corrected chi connectivity index (χ3v) is 3.42. The zero-order chi connectivity index (χ0) is 13.0. The van der Waals surface area contributed by atoms with Crippen molar-refractivity contribution in [3.05, 3.63) is 47.6 Å². The highest BCUT2D eigenvalue weighted by Gasteiger charge is 2.29. The minimum absolute atomic E-state index is 0.220. The van der Waals surface area contributed by atoms with Gasteiger partial charge in [0.1, 0.15) is 0 Å². The van der Waals surface area contributed by atoms with E-state index in [1.54, 1.807) is 0 Å². The summed E-state index contributed by atoms with van der Waals surface area (Å²) >= 11 is 0. The summed E-state index contributed by atoms with van der Waals surface area (Å²) in [5.41, 5.74) is 6.74. The Morgan fingerprint density at radius 2 is 2.00 bits per heavy atom. The molecule has 0 aliphatic carbocycles. The van der Waals surface area contributed by atoms with Gasteiger partial charge in [0.2, 0.25) is 5.89 Å². The summed E-state index contributed by atoms with van der Waals surface area (Å²) < 4.78 is 5.34. The first-order chi connectivity index (χ1) is 8.68. The summed E-state index contributed by atoms with van der Waals surface area (Å²) in [5, 5.41) is 4.03. The molecular weight excluding hydrogens is 226 g/mol. The highest BCUT2D eigenvalue weighted by Crippen LogP contribution is 2.24. The van der Waals surface area contributed by atoms with E-state index in [1.807, 2.05) is 25.1 Å². The molecule has 1 unspecified atom stereocenters. The van der Waals surface area contributed by atoms with Crippen LogP contribution in [0.3, 0.4) is 0 Å². The first-order valence-corrected chi connectivity index (χ1v) is 6.25. The second-order valence-corrected chi connectivity index (χ2v) is 4.80. The Bertz CT molecular complexity index is 489. The van der Waals surface area contributed by atoms with Gasteiger partial charge in [-0.25, -0.2) is 0 Å². The van der Waals surface area contributed by atoms with Gasteiger partial charge in [-0.15, -0.1) is 0 Å². The van der Waals surface area contributed by atoms with Gasteiger partial charge in [0, 0.05) is 13.0 Å². The lowest BCUT2D eigenvalue weighted by Gasteiger charge is -2.20. The zero-order valence-corrected chi connectivity index (χ0v) is 10.9. The summed E-state index contributed by atoms with van der Waals surface area (Å²) in [5.74, 6) is 1.35. The van der Waals surface area contributed by atoms with Crippen LogP contribution in [0.5, 0.6) is 0 Å². The van der Waals surface area contributed by atoms with Crippen molar-refractivity contribution in [3.63, 3.8) is 0 Å². The van der Waals surface area contributed by atoms with Gasteiger partial charge in [-0.1, -0.05) is 42.4 Å². The van der Waals surface area contributed by atoms with E-state index in [0.717, 1.165) is 6.42 Å². The standard InChI is InChI=1S/C14H19N3O/c1-3-14(2,10-15)13-16-12(17-18-13)9-11-7-5-4-6-8-11/h4-8H,3,9-10,15H2,1-2H3. The number of nitrogens with two attached hydrogens (primary N) is 1. The average molecular weight is 245 g/mol. The van der Waals surface area contributed by atoms with Gasteiger partial charge in [-0.05, 0) is 18.9 Å². The Balaban J connectivity index is 2.16. The van der Waals surface area contributed by atoms with Gasteiger partial charge in [0.25, 0.3) is 0 Å². The smallest absolute Gasteiger partial charge is 0.233 e. The van der Waals surface area contributed by atoms with Crippen molar-refractivity contribution < 1.29 is 4.52 Å². The van der Waals surface area contributed by atoms with Crippen LogP contribution in [0.2, 0.25) is 0 Å². The number of hydrogen-bond acceptors (Lipinski definition) is 4. The Labute approximate surface area is 107 Å². The van der Waals surface area contributed by atoms with Crippen LogP contribution >= 0.6 is 0 Å². The van der Waals surface area contributed by atoms with Crippen molar-refractivity contribution in [1.29, 1.82) is 0 Å². The van der Waals surface area contributed by atoms with Crippen LogP contribution in [-0.4, -0.2) is 16.7 Å². The van der Waals surface area contributed by atoms with Gasteiger partial charge >= 0.3 is 0 Å². The zero-order valence-electron chi connectivity index (χ0n) is 10.9. The SMILES string of the molecule is CCC(C)(CN)c1nc(Cc2ccccc2)no1. The van der Waals surface area contributed by atoms with Crippen LogP contribution in [0.4, 0.5) is 0 Å². The van der Waals surface area contributed by atoms with Gasteiger partial charge in [0.15, 0.2) is 5.82 Å². The Kier molecular flexibility index (Phi) is 3.77. The van der Waals surface area contributed by atoms with Crippen LogP contribution in [0.15, 0.2) is 34.9 Å². The molecule has 0 amide bonds. The molecule has 96 valence electrons. The van der Waals surface area contributed by atoms with Crippen LogP contribution in [0.1, 0.15) is 37.5 Å². The summed E-state index contributed by atoms with van der Waals surface area (Å²) in [6.07, 6.45) is 1.57. The topological polar surface area (TPSA) is 64.9 Å². The highest BCUT2D eigenvalue weighted by molar-refractivity contribution is 5.18. The van der Waals surface area contributed by atoms with Crippen LogP contribution in [-0.2, 0) is 11.8 Å². The monoisotopic (exact) mass is 245 g/mol. The van der Waals surface area contributed by atoms with Crippen molar-refractivity contribution in [2.24, 2.45) is 5.73 Å². The molecule has 0 fully saturated rings. The maximum atomic E-state index is 5.78. The van der Waals surface area contributed by atoms with E-state index in [-0.39, 0.29) is 5.41 Å². The Morgan fingerprint density at radius 3 is 2.61 bits per heavy atom. The van der Waals surface area contributed by atoms with E-state index in [4.69, 9.17) is 10.3 Å². The Morgan fingerprint density at radius 1 is 1.28 bits per heavy atom. The molecule has 0 bridgehead atoms. The molecule has 4 heteroatoms. The predicted octanol–water partition coefficient (Wildman–Crippen LogP) is 2.29. The number of hydrogen-bond donors (Lipinski definition) is 1. The first-order valence-electron chi connectivity index (χ1n) is 6.25. The molecule has 2 rings (SSSR count). The van der Waals surface area contributed by atoms with Crippen molar-refractivity contribution in [2.45, 2.75) is 32.1 Å². The minimum Gasteiger partial charge on any atom is -0.339 e. The van der Waals surface area contributed by atoms with Gasteiger partial charge < -0.3 is 10.3 Å². The summed E-state index contributed by atoms with van der Waals surface area (Å²) in [6.45, 7) is 4.64. The molecule has 4 nitrogen and oxygen atoms in total. The quantitative estimate of drug-likeness (QED) is 0.877. The maximum absolute atomic E-state index is 5.78. The molecule has 1 heterocycles. The number of nitrogens with zero attached hydrogens (tertiary/aromatic N) is 2. The summed E-state index contributed by atoms with van der Waals surface area (Å²) in [4.78, 5) is 4.46. The van der Waals surface area contributed by atoms with E-state index in [9.17, 15) is 0 Å². The lowest BCUT2D eigenvalue weighted by molar-refractivity contribution is 0.289.